The topological polar surface area (TPSA) is 43.8 Å². The van der Waals surface area contributed by atoms with Gasteiger partial charge in [-0.3, -0.25) is 4.79 Å². The number of benzene rings is 1. The highest BCUT2D eigenvalue weighted by Crippen LogP contribution is 2.20. The minimum absolute atomic E-state index is 0.00310. The van der Waals surface area contributed by atoms with Crippen LogP contribution in [0.1, 0.15) is 13.3 Å². The number of carbonyl (C=O) groups is 1. The summed E-state index contributed by atoms with van der Waals surface area (Å²) in [7, 11) is 0. The van der Waals surface area contributed by atoms with Crippen molar-refractivity contribution in [2.75, 3.05) is 31.1 Å². The third kappa shape index (κ3) is 2.64. The van der Waals surface area contributed by atoms with Gasteiger partial charge in [-0.25, -0.2) is 0 Å². The number of para-hydroxylation sites is 1. The molecule has 0 bridgehead atoms. The SMILES string of the molecule is CCC(=O)N1CCN(c2ccccc2)C(CO)C1. The Labute approximate surface area is 108 Å². The van der Waals surface area contributed by atoms with E-state index in [1.807, 2.05) is 42.2 Å². The first kappa shape index (κ1) is 12.9. The second-order valence-electron chi connectivity index (χ2n) is 4.56. The monoisotopic (exact) mass is 248 g/mol. The van der Waals surface area contributed by atoms with Crippen LogP contribution >= 0.6 is 0 Å². The van der Waals surface area contributed by atoms with Crippen molar-refractivity contribution in [1.82, 2.24) is 4.90 Å². The standard InChI is InChI=1S/C14H20N2O2/c1-2-14(18)15-8-9-16(13(10-15)11-17)12-6-4-3-5-7-12/h3-7,13,17H,2,8-11H2,1H3. The number of amides is 1. The maximum absolute atomic E-state index is 11.7. The summed E-state index contributed by atoms with van der Waals surface area (Å²) in [4.78, 5) is 15.7. The third-order valence-electron chi connectivity index (χ3n) is 3.44. The second-order valence-corrected chi connectivity index (χ2v) is 4.56. The van der Waals surface area contributed by atoms with Gasteiger partial charge in [0, 0.05) is 31.7 Å². The summed E-state index contributed by atoms with van der Waals surface area (Å²) in [5.74, 6) is 0.168. The molecule has 4 nitrogen and oxygen atoms in total. The van der Waals surface area contributed by atoms with E-state index in [2.05, 4.69) is 4.90 Å². The Hall–Kier alpha value is -1.55. The molecule has 4 heteroatoms. The van der Waals surface area contributed by atoms with Crippen molar-refractivity contribution in [3.05, 3.63) is 30.3 Å². The number of anilines is 1. The Kier molecular flexibility index (Phi) is 4.20. The van der Waals surface area contributed by atoms with Gasteiger partial charge in [0.2, 0.25) is 5.91 Å². The summed E-state index contributed by atoms with van der Waals surface area (Å²) in [6.45, 7) is 4.07. The summed E-state index contributed by atoms with van der Waals surface area (Å²) in [5.41, 5.74) is 1.11. The van der Waals surface area contributed by atoms with Crippen molar-refractivity contribution >= 4 is 11.6 Å². The van der Waals surface area contributed by atoms with Crippen LogP contribution in [-0.4, -0.2) is 48.2 Å². The summed E-state index contributed by atoms with van der Waals surface area (Å²) < 4.78 is 0. The quantitative estimate of drug-likeness (QED) is 0.871. The molecule has 1 heterocycles. The van der Waals surface area contributed by atoms with Crippen LogP contribution in [0, 0.1) is 0 Å². The number of rotatable bonds is 3. The molecule has 0 aromatic heterocycles. The van der Waals surface area contributed by atoms with E-state index in [1.165, 1.54) is 0 Å². The molecular weight excluding hydrogens is 228 g/mol. The van der Waals surface area contributed by atoms with Crippen LogP contribution < -0.4 is 4.90 Å². The van der Waals surface area contributed by atoms with E-state index in [1.54, 1.807) is 0 Å². The maximum Gasteiger partial charge on any atom is 0.222 e. The van der Waals surface area contributed by atoms with Gasteiger partial charge in [-0.1, -0.05) is 25.1 Å². The van der Waals surface area contributed by atoms with Crippen LogP contribution in [0.2, 0.25) is 0 Å². The normalized spacial score (nSPS) is 20.0. The molecule has 2 rings (SSSR count). The molecule has 0 radical (unpaired) electrons. The highest BCUT2D eigenvalue weighted by atomic mass is 16.3. The van der Waals surface area contributed by atoms with Crippen molar-refractivity contribution < 1.29 is 9.90 Å². The molecule has 98 valence electrons. The number of hydrogen-bond acceptors (Lipinski definition) is 3. The zero-order valence-corrected chi connectivity index (χ0v) is 10.7. The number of piperazine rings is 1. The molecule has 0 aliphatic carbocycles. The summed E-state index contributed by atoms with van der Waals surface area (Å²) in [6, 6.07) is 10.0. The molecule has 1 amide bonds. The molecule has 18 heavy (non-hydrogen) atoms. The van der Waals surface area contributed by atoms with Crippen molar-refractivity contribution in [1.29, 1.82) is 0 Å². The van der Waals surface area contributed by atoms with Crippen molar-refractivity contribution in [3.63, 3.8) is 0 Å². The van der Waals surface area contributed by atoms with Crippen LogP contribution in [0.3, 0.4) is 0 Å². The van der Waals surface area contributed by atoms with E-state index in [4.69, 9.17) is 0 Å². The molecule has 1 unspecified atom stereocenters. The Balaban J connectivity index is 2.09. The van der Waals surface area contributed by atoms with Gasteiger partial charge < -0.3 is 14.9 Å². The number of aliphatic hydroxyl groups excluding tert-OH is 1. The predicted octanol–water partition coefficient (Wildman–Crippen LogP) is 1.11. The first-order valence-corrected chi connectivity index (χ1v) is 6.46. The van der Waals surface area contributed by atoms with Crippen LogP contribution in [0.25, 0.3) is 0 Å². The predicted molar refractivity (Wildman–Crippen MR) is 71.5 cm³/mol. The fourth-order valence-electron chi connectivity index (χ4n) is 2.42. The smallest absolute Gasteiger partial charge is 0.222 e. The third-order valence-corrected chi connectivity index (χ3v) is 3.44. The first-order valence-electron chi connectivity index (χ1n) is 6.46. The van der Waals surface area contributed by atoms with Gasteiger partial charge in [0.1, 0.15) is 0 Å². The Bertz CT molecular complexity index is 394. The van der Waals surface area contributed by atoms with Gasteiger partial charge in [0.15, 0.2) is 0 Å². The van der Waals surface area contributed by atoms with E-state index in [0.29, 0.717) is 13.0 Å². The Morgan fingerprint density at radius 3 is 2.67 bits per heavy atom. The van der Waals surface area contributed by atoms with Crippen molar-refractivity contribution in [2.45, 2.75) is 19.4 Å². The molecule has 1 aromatic rings. The summed E-state index contributed by atoms with van der Waals surface area (Å²) in [5, 5.41) is 9.52. The van der Waals surface area contributed by atoms with Gasteiger partial charge in [0.25, 0.3) is 0 Å². The summed E-state index contributed by atoms with van der Waals surface area (Å²) >= 11 is 0. The minimum atomic E-state index is -0.00310. The molecule has 1 aromatic carbocycles. The van der Waals surface area contributed by atoms with Crippen LogP contribution in [0.5, 0.6) is 0 Å². The average molecular weight is 248 g/mol. The maximum atomic E-state index is 11.7. The first-order chi connectivity index (χ1) is 8.76. The molecule has 1 atom stereocenters. The Morgan fingerprint density at radius 2 is 2.06 bits per heavy atom. The largest absolute Gasteiger partial charge is 0.394 e. The van der Waals surface area contributed by atoms with Crippen LogP contribution in [0.15, 0.2) is 30.3 Å². The highest BCUT2D eigenvalue weighted by Gasteiger charge is 2.28. The van der Waals surface area contributed by atoms with Gasteiger partial charge in [-0.2, -0.15) is 0 Å². The zero-order chi connectivity index (χ0) is 13.0. The summed E-state index contributed by atoms with van der Waals surface area (Å²) in [6.07, 6.45) is 0.531. The van der Waals surface area contributed by atoms with Gasteiger partial charge in [-0.15, -0.1) is 0 Å². The number of carbonyl (C=O) groups excluding carboxylic acids is 1. The van der Waals surface area contributed by atoms with E-state index in [0.717, 1.165) is 18.8 Å². The average Bonchev–Trinajstić information content (AvgIpc) is 2.46. The Morgan fingerprint density at radius 1 is 1.33 bits per heavy atom. The lowest BCUT2D eigenvalue weighted by molar-refractivity contribution is -0.131. The lowest BCUT2D eigenvalue weighted by atomic mass is 10.1. The van der Waals surface area contributed by atoms with E-state index in [-0.39, 0.29) is 18.6 Å². The molecular formula is C14H20N2O2. The molecule has 1 saturated heterocycles. The molecule has 1 aliphatic rings. The van der Waals surface area contributed by atoms with E-state index < -0.39 is 0 Å². The van der Waals surface area contributed by atoms with Crippen molar-refractivity contribution in [2.24, 2.45) is 0 Å². The highest BCUT2D eigenvalue weighted by molar-refractivity contribution is 5.76. The number of hydrogen-bond donors (Lipinski definition) is 1. The fraction of sp³-hybridized carbons (Fsp3) is 0.500. The second kappa shape index (κ2) is 5.87. The molecule has 0 spiro atoms. The van der Waals surface area contributed by atoms with Gasteiger partial charge in [0.05, 0.1) is 12.6 Å². The number of nitrogens with zero attached hydrogens (tertiary/aromatic N) is 2. The molecule has 1 fully saturated rings. The molecule has 1 N–H and O–H groups in total. The molecule has 1 aliphatic heterocycles. The molecule has 0 saturated carbocycles. The number of aliphatic hydroxyl groups is 1. The zero-order valence-electron chi connectivity index (χ0n) is 10.7. The fourth-order valence-corrected chi connectivity index (χ4v) is 2.42. The van der Waals surface area contributed by atoms with Crippen molar-refractivity contribution in [3.8, 4) is 0 Å². The van der Waals surface area contributed by atoms with E-state index in [9.17, 15) is 9.90 Å². The van der Waals surface area contributed by atoms with E-state index >= 15 is 0 Å². The lowest BCUT2D eigenvalue weighted by Gasteiger charge is -2.42. The lowest BCUT2D eigenvalue weighted by Crippen LogP contribution is -2.56. The minimum Gasteiger partial charge on any atom is -0.394 e. The van der Waals surface area contributed by atoms with Crippen LogP contribution in [-0.2, 0) is 4.79 Å². The van der Waals surface area contributed by atoms with Crippen LogP contribution in [0.4, 0.5) is 5.69 Å². The van der Waals surface area contributed by atoms with Gasteiger partial charge >= 0.3 is 0 Å². The van der Waals surface area contributed by atoms with Gasteiger partial charge in [-0.05, 0) is 12.1 Å².